The Balaban J connectivity index is 1.93. The van der Waals surface area contributed by atoms with Crippen LogP contribution < -0.4 is 5.32 Å². The van der Waals surface area contributed by atoms with Crippen LogP contribution in [0.25, 0.3) is 0 Å². The number of alkyl halides is 1. The maximum absolute atomic E-state index is 12.1. The van der Waals surface area contributed by atoms with Gasteiger partial charge in [0.1, 0.15) is 0 Å². The van der Waals surface area contributed by atoms with Gasteiger partial charge in [0, 0.05) is 22.0 Å². The molecule has 0 aliphatic heterocycles. The van der Waals surface area contributed by atoms with Gasteiger partial charge in [0.05, 0.1) is 0 Å². The van der Waals surface area contributed by atoms with Gasteiger partial charge in [-0.15, -0.1) is 11.6 Å². The van der Waals surface area contributed by atoms with Crippen LogP contribution >= 0.6 is 27.5 Å². The van der Waals surface area contributed by atoms with Crippen LogP contribution in [0.2, 0.25) is 0 Å². The number of nitrogens with one attached hydrogen (secondary N) is 1. The number of hydrogen-bond donors (Lipinski definition) is 1. The lowest BCUT2D eigenvalue weighted by Gasteiger charge is -2.14. The van der Waals surface area contributed by atoms with Crippen molar-refractivity contribution in [2.75, 3.05) is 0 Å². The summed E-state index contributed by atoms with van der Waals surface area (Å²) in [5, 5.41) is 3.01. The number of rotatable bonds is 5. The van der Waals surface area contributed by atoms with E-state index in [1.807, 2.05) is 31.2 Å². The second kappa shape index (κ2) is 7.62. The highest BCUT2D eigenvalue weighted by Crippen LogP contribution is 2.12. The highest BCUT2D eigenvalue weighted by molar-refractivity contribution is 9.10. The highest BCUT2D eigenvalue weighted by atomic mass is 79.9. The third-order valence-electron chi connectivity index (χ3n) is 3.20. The molecule has 2 nitrogen and oxygen atoms in total. The number of carbonyl (C=O) groups is 1. The van der Waals surface area contributed by atoms with Crippen LogP contribution in [0.1, 0.15) is 28.4 Å². The van der Waals surface area contributed by atoms with E-state index in [4.69, 9.17) is 11.6 Å². The Labute approximate surface area is 138 Å². The maximum atomic E-state index is 12.1. The molecule has 1 unspecified atom stereocenters. The average molecular weight is 367 g/mol. The lowest BCUT2D eigenvalue weighted by molar-refractivity contribution is 0.0940. The predicted molar refractivity (Wildman–Crippen MR) is 90.8 cm³/mol. The fourth-order valence-corrected chi connectivity index (χ4v) is 2.52. The van der Waals surface area contributed by atoms with Crippen molar-refractivity contribution in [3.63, 3.8) is 0 Å². The summed E-state index contributed by atoms with van der Waals surface area (Å²) >= 11 is 9.16. The smallest absolute Gasteiger partial charge is 0.251 e. The van der Waals surface area contributed by atoms with Crippen molar-refractivity contribution in [2.24, 2.45) is 0 Å². The summed E-state index contributed by atoms with van der Waals surface area (Å²) in [5.74, 6) is 0.405. The molecule has 0 saturated heterocycles. The highest BCUT2D eigenvalue weighted by Gasteiger charge is 2.10. The van der Waals surface area contributed by atoms with Gasteiger partial charge in [0.15, 0.2) is 0 Å². The van der Waals surface area contributed by atoms with Crippen molar-refractivity contribution in [2.45, 2.75) is 25.3 Å². The average Bonchev–Trinajstić information content (AvgIpc) is 2.49. The fourth-order valence-electron chi connectivity index (χ4n) is 2.08. The summed E-state index contributed by atoms with van der Waals surface area (Å²) in [7, 11) is 0. The van der Waals surface area contributed by atoms with Gasteiger partial charge in [-0.3, -0.25) is 4.79 Å². The van der Waals surface area contributed by atoms with E-state index < -0.39 is 0 Å². The standard InChI is InChI=1S/C17H17BrClNO/c1-12(10-13-4-8-16(18)9-5-13)20-17(21)15-6-2-14(11-19)3-7-15/h2-9,12H,10-11H2,1H3,(H,20,21). The van der Waals surface area contributed by atoms with E-state index in [-0.39, 0.29) is 11.9 Å². The summed E-state index contributed by atoms with van der Waals surface area (Å²) in [6.07, 6.45) is 0.804. The van der Waals surface area contributed by atoms with Gasteiger partial charge in [-0.25, -0.2) is 0 Å². The summed E-state index contributed by atoms with van der Waals surface area (Å²) in [6.45, 7) is 2.01. The molecule has 1 amide bonds. The number of halogens is 2. The Bertz CT molecular complexity index is 595. The molecule has 0 saturated carbocycles. The van der Waals surface area contributed by atoms with E-state index >= 15 is 0 Å². The minimum absolute atomic E-state index is 0.0549. The monoisotopic (exact) mass is 365 g/mol. The van der Waals surface area contributed by atoms with Crippen molar-refractivity contribution >= 4 is 33.4 Å². The van der Waals surface area contributed by atoms with E-state index in [0.717, 1.165) is 16.5 Å². The molecule has 2 rings (SSSR count). The first-order valence-corrected chi connectivity index (χ1v) is 8.11. The Morgan fingerprint density at radius 1 is 1.10 bits per heavy atom. The summed E-state index contributed by atoms with van der Waals surface area (Å²) in [5.41, 5.74) is 2.87. The lowest BCUT2D eigenvalue weighted by atomic mass is 10.1. The van der Waals surface area contributed by atoms with Crippen LogP contribution in [0.15, 0.2) is 53.0 Å². The largest absolute Gasteiger partial charge is 0.349 e. The van der Waals surface area contributed by atoms with Crippen molar-refractivity contribution in [1.29, 1.82) is 0 Å². The molecule has 4 heteroatoms. The van der Waals surface area contributed by atoms with Crippen molar-refractivity contribution in [3.05, 3.63) is 69.7 Å². The van der Waals surface area contributed by atoms with E-state index in [2.05, 4.69) is 33.4 Å². The zero-order chi connectivity index (χ0) is 15.2. The molecule has 0 aliphatic carbocycles. The van der Waals surface area contributed by atoms with Gasteiger partial charge in [0.2, 0.25) is 0 Å². The topological polar surface area (TPSA) is 29.1 Å². The van der Waals surface area contributed by atoms with Crippen LogP contribution in [-0.4, -0.2) is 11.9 Å². The van der Waals surface area contributed by atoms with E-state index in [9.17, 15) is 4.79 Å². The predicted octanol–water partition coefficient (Wildman–Crippen LogP) is 4.55. The van der Waals surface area contributed by atoms with Crippen molar-refractivity contribution in [1.82, 2.24) is 5.32 Å². The molecule has 2 aromatic rings. The maximum Gasteiger partial charge on any atom is 0.251 e. The number of amides is 1. The Kier molecular flexibility index (Phi) is 5.83. The van der Waals surface area contributed by atoms with Crippen LogP contribution in [0.4, 0.5) is 0 Å². The molecule has 0 heterocycles. The zero-order valence-electron chi connectivity index (χ0n) is 11.8. The number of benzene rings is 2. The molecule has 1 atom stereocenters. The van der Waals surface area contributed by atoms with E-state index in [1.165, 1.54) is 5.56 Å². The normalized spacial score (nSPS) is 12.0. The number of hydrogen-bond acceptors (Lipinski definition) is 1. The molecule has 0 fully saturated rings. The molecule has 0 spiro atoms. The molecule has 0 bridgehead atoms. The Morgan fingerprint density at radius 3 is 2.24 bits per heavy atom. The Morgan fingerprint density at radius 2 is 1.67 bits per heavy atom. The van der Waals surface area contributed by atoms with Gasteiger partial charge in [0.25, 0.3) is 5.91 Å². The van der Waals surface area contributed by atoms with Gasteiger partial charge in [-0.1, -0.05) is 40.2 Å². The molecule has 21 heavy (non-hydrogen) atoms. The molecule has 2 aromatic carbocycles. The lowest BCUT2D eigenvalue weighted by Crippen LogP contribution is -2.34. The minimum atomic E-state index is -0.0549. The van der Waals surface area contributed by atoms with Crippen molar-refractivity contribution < 1.29 is 4.79 Å². The van der Waals surface area contributed by atoms with Gasteiger partial charge in [-0.2, -0.15) is 0 Å². The molecule has 1 N–H and O–H groups in total. The Hall–Kier alpha value is -1.32. The molecule has 110 valence electrons. The van der Waals surface area contributed by atoms with E-state index in [1.54, 1.807) is 12.1 Å². The van der Waals surface area contributed by atoms with Crippen LogP contribution in [0.5, 0.6) is 0 Å². The van der Waals surface area contributed by atoms with Crippen LogP contribution in [0, 0.1) is 0 Å². The zero-order valence-corrected chi connectivity index (χ0v) is 14.1. The van der Waals surface area contributed by atoms with Crippen LogP contribution in [-0.2, 0) is 12.3 Å². The first-order chi connectivity index (χ1) is 10.1. The van der Waals surface area contributed by atoms with E-state index in [0.29, 0.717) is 11.4 Å². The molecule has 0 aromatic heterocycles. The summed E-state index contributed by atoms with van der Waals surface area (Å²) < 4.78 is 1.06. The van der Waals surface area contributed by atoms with Gasteiger partial charge < -0.3 is 5.32 Å². The van der Waals surface area contributed by atoms with Crippen LogP contribution in [0.3, 0.4) is 0 Å². The third-order valence-corrected chi connectivity index (χ3v) is 4.04. The first kappa shape index (κ1) is 16.1. The first-order valence-electron chi connectivity index (χ1n) is 6.78. The molecular weight excluding hydrogens is 350 g/mol. The molecule has 0 aliphatic rings. The SMILES string of the molecule is CC(Cc1ccc(Br)cc1)NC(=O)c1ccc(CCl)cc1. The summed E-state index contributed by atoms with van der Waals surface area (Å²) in [6, 6.07) is 15.6. The molecular formula is C17H17BrClNO. The fraction of sp³-hybridized carbons (Fsp3) is 0.235. The second-order valence-corrected chi connectivity index (χ2v) is 6.22. The van der Waals surface area contributed by atoms with Gasteiger partial charge in [-0.05, 0) is 48.7 Å². The van der Waals surface area contributed by atoms with Gasteiger partial charge >= 0.3 is 0 Å². The minimum Gasteiger partial charge on any atom is -0.349 e. The third kappa shape index (κ3) is 4.87. The second-order valence-electron chi connectivity index (χ2n) is 5.04. The molecule has 0 radical (unpaired) electrons. The summed E-state index contributed by atoms with van der Waals surface area (Å²) in [4.78, 5) is 12.1. The van der Waals surface area contributed by atoms with Crippen molar-refractivity contribution in [3.8, 4) is 0 Å². The number of carbonyl (C=O) groups excluding carboxylic acids is 1. The quantitative estimate of drug-likeness (QED) is 0.773.